The van der Waals surface area contributed by atoms with E-state index in [-0.39, 0.29) is 6.04 Å². The van der Waals surface area contributed by atoms with Gasteiger partial charge in [-0.15, -0.1) is 0 Å². The van der Waals surface area contributed by atoms with Gasteiger partial charge in [0, 0.05) is 51.4 Å². The van der Waals surface area contributed by atoms with Crippen LogP contribution < -0.4 is 16.4 Å². The molecular formula is C10H24N4. The highest BCUT2D eigenvalue weighted by Crippen LogP contribution is 1.96. The first-order chi connectivity index (χ1) is 6.68. The van der Waals surface area contributed by atoms with E-state index in [1.807, 2.05) is 6.92 Å². The monoisotopic (exact) mass is 200 g/mol. The number of piperazine rings is 1. The molecule has 14 heavy (non-hydrogen) atoms. The Balaban J connectivity index is 2.00. The Morgan fingerprint density at radius 2 is 2.43 bits per heavy atom. The van der Waals surface area contributed by atoms with Gasteiger partial charge in [-0.1, -0.05) is 0 Å². The molecule has 1 heterocycles. The molecule has 0 amide bonds. The van der Waals surface area contributed by atoms with E-state index >= 15 is 0 Å². The number of nitrogens with two attached hydrogens (primary N) is 1. The van der Waals surface area contributed by atoms with Crippen LogP contribution in [0.5, 0.6) is 0 Å². The fraction of sp³-hybridized carbons (Fsp3) is 1.00. The van der Waals surface area contributed by atoms with Gasteiger partial charge in [-0.05, 0) is 13.8 Å². The highest BCUT2D eigenvalue weighted by Gasteiger charge is 2.14. The van der Waals surface area contributed by atoms with Crippen LogP contribution in [0.2, 0.25) is 0 Å². The molecule has 0 aliphatic carbocycles. The fourth-order valence-electron chi connectivity index (χ4n) is 1.78. The minimum atomic E-state index is 0.261. The third kappa shape index (κ3) is 4.91. The van der Waals surface area contributed by atoms with Gasteiger partial charge in [0.25, 0.3) is 0 Å². The molecule has 1 aliphatic heterocycles. The first kappa shape index (κ1) is 11.9. The van der Waals surface area contributed by atoms with Gasteiger partial charge in [-0.25, -0.2) is 0 Å². The Labute approximate surface area is 87.2 Å². The van der Waals surface area contributed by atoms with Crippen molar-refractivity contribution < 1.29 is 0 Å². The second-order valence-electron chi connectivity index (χ2n) is 4.34. The predicted octanol–water partition coefficient (Wildman–Crippen LogP) is -0.783. The molecule has 0 unspecified atom stereocenters. The van der Waals surface area contributed by atoms with Crippen LogP contribution in [0.3, 0.4) is 0 Å². The quantitative estimate of drug-likeness (QED) is 0.510. The molecule has 0 spiro atoms. The SMILES string of the molecule is C[C@H](N)CNCCN1CCN[C@@H](C)C1. The maximum absolute atomic E-state index is 5.65. The number of hydrogen-bond donors (Lipinski definition) is 3. The minimum Gasteiger partial charge on any atom is -0.327 e. The summed E-state index contributed by atoms with van der Waals surface area (Å²) in [6, 6.07) is 0.897. The summed E-state index contributed by atoms with van der Waals surface area (Å²) in [6.07, 6.45) is 0. The molecule has 0 aromatic rings. The Morgan fingerprint density at radius 1 is 1.64 bits per heavy atom. The lowest BCUT2D eigenvalue weighted by Gasteiger charge is -2.31. The first-order valence-electron chi connectivity index (χ1n) is 5.60. The molecule has 2 atom stereocenters. The van der Waals surface area contributed by atoms with E-state index in [2.05, 4.69) is 22.5 Å². The van der Waals surface area contributed by atoms with Gasteiger partial charge >= 0.3 is 0 Å². The lowest BCUT2D eigenvalue weighted by Crippen LogP contribution is -2.50. The van der Waals surface area contributed by atoms with Crippen LogP contribution >= 0.6 is 0 Å². The largest absolute Gasteiger partial charge is 0.327 e. The fourth-order valence-corrected chi connectivity index (χ4v) is 1.78. The minimum absolute atomic E-state index is 0.261. The topological polar surface area (TPSA) is 53.3 Å². The van der Waals surface area contributed by atoms with Crippen molar-refractivity contribution in [2.45, 2.75) is 25.9 Å². The van der Waals surface area contributed by atoms with Gasteiger partial charge in [0.2, 0.25) is 0 Å². The van der Waals surface area contributed by atoms with Gasteiger partial charge in [-0.3, -0.25) is 4.90 Å². The smallest absolute Gasteiger partial charge is 0.0167 e. The number of nitrogens with one attached hydrogen (secondary N) is 2. The molecule has 84 valence electrons. The maximum Gasteiger partial charge on any atom is 0.0167 e. The summed E-state index contributed by atoms with van der Waals surface area (Å²) >= 11 is 0. The van der Waals surface area contributed by atoms with Gasteiger partial charge < -0.3 is 16.4 Å². The summed E-state index contributed by atoms with van der Waals surface area (Å²) in [5.41, 5.74) is 5.65. The molecule has 4 heteroatoms. The molecule has 0 aromatic carbocycles. The van der Waals surface area contributed by atoms with Gasteiger partial charge in [0.1, 0.15) is 0 Å². The third-order valence-electron chi connectivity index (χ3n) is 2.52. The Morgan fingerprint density at radius 3 is 3.07 bits per heavy atom. The van der Waals surface area contributed by atoms with Crippen molar-refractivity contribution in [3.8, 4) is 0 Å². The predicted molar refractivity (Wildman–Crippen MR) is 60.4 cm³/mol. The van der Waals surface area contributed by atoms with E-state index in [0.717, 1.165) is 26.2 Å². The Kier molecular flexibility index (Phi) is 5.40. The average molecular weight is 200 g/mol. The second-order valence-corrected chi connectivity index (χ2v) is 4.34. The van der Waals surface area contributed by atoms with Crippen molar-refractivity contribution in [3.05, 3.63) is 0 Å². The van der Waals surface area contributed by atoms with Crippen molar-refractivity contribution in [1.82, 2.24) is 15.5 Å². The Bertz CT molecular complexity index is 149. The van der Waals surface area contributed by atoms with E-state index in [1.165, 1.54) is 13.1 Å². The molecule has 4 N–H and O–H groups in total. The van der Waals surface area contributed by atoms with Crippen molar-refractivity contribution in [3.63, 3.8) is 0 Å². The molecule has 1 saturated heterocycles. The Hall–Kier alpha value is -0.160. The van der Waals surface area contributed by atoms with Crippen LogP contribution in [0.1, 0.15) is 13.8 Å². The zero-order valence-corrected chi connectivity index (χ0v) is 9.42. The zero-order chi connectivity index (χ0) is 10.4. The van der Waals surface area contributed by atoms with Gasteiger partial charge in [-0.2, -0.15) is 0 Å². The second kappa shape index (κ2) is 6.35. The average Bonchev–Trinajstić information content (AvgIpc) is 2.12. The number of rotatable bonds is 5. The van der Waals surface area contributed by atoms with E-state index in [9.17, 15) is 0 Å². The van der Waals surface area contributed by atoms with Crippen LogP contribution in [0.4, 0.5) is 0 Å². The molecule has 1 aliphatic rings. The molecule has 0 bridgehead atoms. The molecule has 0 saturated carbocycles. The number of nitrogens with zero attached hydrogens (tertiary/aromatic N) is 1. The molecule has 4 nitrogen and oxygen atoms in total. The number of hydrogen-bond acceptors (Lipinski definition) is 4. The first-order valence-corrected chi connectivity index (χ1v) is 5.60. The van der Waals surface area contributed by atoms with Gasteiger partial charge in [0.15, 0.2) is 0 Å². The molecule has 1 rings (SSSR count). The van der Waals surface area contributed by atoms with Crippen LogP contribution in [0.15, 0.2) is 0 Å². The van der Waals surface area contributed by atoms with Crippen LogP contribution in [-0.4, -0.2) is 56.3 Å². The lowest BCUT2D eigenvalue weighted by atomic mass is 10.2. The molecule has 0 radical (unpaired) electrons. The summed E-state index contributed by atoms with van der Waals surface area (Å²) in [7, 11) is 0. The summed E-state index contributed by atoms with van der Waals surface area (Å²) in [4.78, 5) is 2.50. The standard InChI is InChI=1S/C10H24N4/c1-9(11)7-12-3-5-14-6-4-13-10(2)8-14/h9-10,12-13H,3-8,11H2,1-2H3/t9-,10-/m0/s1. The zero-order valence-electron chi connectivity index (χ0n) is 9.42. The highest BCUT2D eigenvalue weighted by molar-refractivity contribution is 4.75. The molecular weight excluding hydrogens is 176 g/mol. The van der Waals surface area contributed by atoms with Crippen molar-refractivity contribution in [2.24, 2.45) is 5.73 Å². The van der Waals surface area contributed by atoms with E-state index in [0.29, 0.717) is 6.04 Å². The van der Waals surface area contributed by atoms with E-state index < -0.39 is 0 Å². The summed E-state index contributed by atoms with van der Waals surface area (Å²) in [6.45, 7) is 10.8. The van der Waals surface area contributed by atoms with Crippen molar-refractivity contribution in [2.75, 3.05) is 39.3 Å². The van der Waals surface area contributed by atoms with E-state index in [1.54, 1.807) is 0 Å². The molecule has 0 aromatic heterocycles. The van der Waals surface area contributed by atoms with Gasteiger partial charge in [0.05, 0.1) is 0 Å². The van der Waals surface area contributed by atoms with Crippen LogP contribution in [0, 0.1) is 0 Å². The highest BCUT2D eigenvalue weighted by atomic mass is 15.2. The van der Waals surface area contributed by atoms with E-state index in [4.69, 9.17) is 5.73 Å². The lowest BCUT2D eigenvalue weighted by molar-refractivity contribution is 0.207. The normalized spacial score (nSPS) is 26.4. The molecule has 1 fully saturated rings. The summed E-state index contributed by atoms with van der Waals surface area (Å²) in [5.74, 6) is 0. The van der Waals surface area contributed by atoms with Crippen molar-refractivity contribution in [1.29, 1.82) is 0 Å². The third-order valence-corrected chi connectivity index (χ3v) is 2.52. The summed E-state index contributed by atoms with van der Waals surface area (Å²) in [5, 5.41) is 6.80. The van der Waals surface area contributed by atoms with Crippen LogP contribution in [-0.2, 0) is 0 Å². The van der Waals surface area contributed by atoms with Crippen molar-refractivity contribution >= 4 is 0 Å². The summed E-state index contributed by atoms with van der Waals surface area (Å²) < 4.78 is 0. The maximum atomic E-state index is 5.65. The van der Waals surface area contributed by atoms with Crippen LogP contribution in [0.25, 0.3) is 0 Å².